The third-order valence-electron chi connectivity index (χ3n) is 4.41. The lowest BCUT2D eigenvalue weighted by molar-refractivity contribution is -0.120. The summed E-state index contributed by atoms with van der Waals surface area (Å²) < 4.78 is 27.6. The number of amides is 1. The predicted molar refractivity (Wildman–Crippen MR) is 104 cm³/mol. The van der Waals surface area contributed by atoms with Crippen molar-refractivity contribution in [2.24, 2.45) is 5.92 Å². The van der Waals surface area contributed by atoms with E-state index in [1.54, 1.807) is 36.7 Å². The molecule has 26 heavy (non-hydrogen) atoms. The van der Waals surface area contributed by atoms with Crippen LogP contribution in [0.3, 0.4) is 0 Å². The number of aromatic nitrogens is 1. The van der Waals surface area contributed by atoms with Crippen LogP contribution in [0.1, 0.15) is 18.4 Å². The van der Waals surface area contributed by atoms with E-state index in [1.807, 2.05) is 12.1 Å². The lowest BCUT2D eigenvalue weighted by Gasteiger charge is -2.30. The highest BCUT2D eigenvalue weighted by Crippen LogP contribution is 2.23. The van der Waals surface area contributed by atoms with Crippen LogP contribution in [0, 0.1) is 5.92 Å². The monoisotopic (exact) mass is 437 g/mol. The average molecular weight is 438 g/mol. The highest BCUT2D eigenvalue weighted by Gasteiger charge is 2.31. The number of piperidine rings is 1. The van der Waals surface area contributed by atoms with Crippen LogP contribution >= 0.6 is 15.9 Å². The number of hydrogen-bond donors (Lipinski definition) is 1. The van der Waals surface area contributed by atoms with E-state index in [0.717, 1.165) is 10.0 Å². The van der Waals surface area contributed by atoms with Crippen LogP contribution < -0.4 is 5.32 Å². The first-order chi connectivity index (χ1) is 12.4. The Kier molecular flexibility index (Phi) is 6.05. The summed E-state index contributed by atoms with van der Waals surface area (Å²) in [5.74, 6) is -0.287. The van der Waals surface area contributed by atoms with E-state index < -0.39 is 10.0 Å². The average Bonchev–Trinajstić information content (AvgIpc) is 2.64. The smallest absolute Gasteiger partial charge is 0.227 e. The number of hydrogen-bond acceptors (Lipinski definition) is 4. The van der Waals surface area contributed by atoms with Crippen LogP contribution in [0.4, 0.5) is 5.69 Å². The van der Waals surface area contributed by atoms with Crippen molar-refractivity contribution in [1.82, 2.24) is 9.29 Å². The predicted octanol–water partition coefficient (Wildman–Crippen LogP) is 3.02. The summed E-state index contributed by atoms with van der Waals surface area (Å²) in [6.45, 7) is 0.730. The number of halogens is 1. The van der Waals surface area contributed by atoms with Gasteiger partial charge in [0, 0.05) is 29.7 Å². The van der Waals surface area contributed by atoms with E-state index in [-0.39, 0.29) is 17.6 Å². The van der Waals surface area contributed by atoms with Gasteiger partial charge in [-0.05, 0) is 42.7 Å². The van der Waals surface area contributed by atoms with Crippen LogP contribution in [0.5, 0.6) is 0 Å². The number of nitrogens with one attached hydrogen (secondary N) is 1. The number of carbonyl (C=O) groups is 1. The van der Waals surface area contributed by atoms with Crippen LogP contribution in [0.2, 0.25) is 0 Å². The lowest BCUT2D eigenvalue weighted by Crippen LogP contribution is -2.41. The Morgan fingerprint density at radius 3 is 2.50 bits per heavy atom. The van der Waals surface area contributed by atoms with Crippen molar-refractivity contribution in [3.05, 3.63) is 58.8 Å². The molecule has 2 heterocycles. The molecule has 0 saturated carbocycles. The van der Waals surface area contributed by atoms with Crippen LogP contribution in [0.25, 0.3) is 0 Å². The Balaban J connectivity index is 1.55. The molecule has 0 spiro atoms. The summed E-state index contributed by atoms with van der Waals surface area (Å²) in [6.07, 6.45) is 4.28. The molecule has 1 aliphatic rings. The Morgan fingerprint density at radius 1 is 1.19 bits per heavy atom. The van der Waals surface area contributed by atoms with Crippen LogP contribution in [-0.4, -0.2) is 36.7 Å². The quantitative estimate of drug-likeness (QED) is 0.779. The maximum absolute atomic E-state index is 12.6. The summed E-state index contributed by atoms with van der Waals surface area (Å²) >= 11 is 3.34. The second-order valence-corrected chi connectivity index (χ2v) is 9.17. The number of carbonyl (C=O) groups excluding carboxylic acids is 1. The van der Waals surface area contributed by atoms with Crippen molar-refractivity contribution in [2.45, 2.75) is 18.6 Å². The molecule has 1 aromatic carbocycles. The van der Waals surface area contributed by atoms with Crippen molar-refractivity contribution < 1.29 is 13.2 Å². The minimum atomic E-state index is -3.38. The van der Waals surface area contributed by atoms with E-state index in [2.05, 4.69) is 26.2 Å². The van der Waals surface area contributed by atoms with Crippen molar-refractivity contribution in [1.29, 1.82) is 0 Å². The molecule has 0 atom stereocenters. The molecule has 1 aliphatic heterocycles. The highest BCUT2D eigenvalue weighted by atomic mass is 79.9. The summed E-state index contributed by atoms with van der Waals surface area (Å²) in [5.41, 5.74) is 1.41. The van der Waals surface area contributed by atoms with E-state index >= 15 is 0 Å². The second-order valence-electron chi connectivity index (χ2n) is 6.29. The second kappa shape index (κ2) is 8.28. The number of pyridine rings is 1. The number of rotatable bonds is 5. The molecular weight excluding hydrogens is 418 g/mol. The zero-order valence-corrected chi connectivity index (χ0v) is 16.5. The van der Waals surface area contributed by atoms with E-state index in [9.17, 15) is 13.2 Å². The van der Waals surface area contributed by atoms with Gasteiger partial charge in [-0.15, -0.1) is 0 Å². The zero-order valence-electron chi connectivity index (χ0n) is 14.1. The van der Waals surface area contributed by atoms with Gasteiger partial charge < -0.3 is 5.32 Å². The molecule has 0 aliphatic carbocycles. The maximum atomic E-state index is 12.6. The third-order valence-corrected chi connectivity index (χ3v) is 6.79. The van der Waals surface area contributed by atoms with Crippen molar-refractivity contribution in [3.8, 4) is 0 Å². The molecule has 0 unspecified atom stereocenters. The van der Waals surface area contributed by atoms with Crippen LogP contribution in [-0.2, 0) is 20.6 Å². The van der Waals surface area contributed by atoms with Gasteiger partial charge in [0.05, 0.1) is 17.6 Å². The molecule has 0 bridgehead atoms. The van der Waals surface area contributed by atoms with Gasteiger partial charge >= 0.3 is 0 Å². The summed E-state index contributed by atoms with van der Waals surface area (Å²) in [5, 5.41) is 2.84. The number of anilines is 1. The Bertz CT molecular complexity index is 849. The normalized spacial score (nSPS) is 16.3. The fourth-order valence-corrected chi connectivity index (χ4v) is 4.79. The van der Waals surface area contributed by atoms with Gasteiger partial charge in [-0.3, -0.25) is 9.78 Å². The highest BCUT2D eigenvalue weighted by molar-refractivity contribution is 9.10. The Hall–Kier alpha value is -1.77. The van der Waals surface area contributed by atoms with Gasteiger partial charge in [0.25, 0.3) is 0 Å². The zero-order chi connectivity index (χ0) is 18.6. The molecule has 1 amide bonds. The van der Waals surface area contributed by atoms with Gasteiger partial charge in [0.2, 0.25) is 15.9 Å². The van der Waals surface area contributed by atoms with Crippen LogP contribution in [0.15, 0.2) is 53.3 Å². The third kappa shape index (κ3) is 4.90. The molecule has 8 heteroatoms. The molecule has 1 saturated heterocycles. The topological polar surface area (TPSA) is 79.4 Å². The molecule has 1 fully saturated rings. The van der Waals surface area contributed by atoms with Crippen molar-refractivity contribution >= 4 is 37.5 Å². The van der Waals surface area contributed by atoms with E-state index in [0.29, 0.717) is 31.6 Å². The summed E-state index contributed by atoms with van der Waals surface area (Å²) in [4.78, 5) is 16.3. The Morgan fingerprint density at radius 2 is 1.88 bits per heavy atom. The number of nitrogens with zero attached hydrogens (tertiary/aromatic N) is 2. The van der Waals surface area contributed by atoms with E-state index in [4.69, 9.17) is 0 Å². The molecule has 3 rings (SSSR count). The van der Waals surface area contributed by atoms with Gasteiger partial charge in [0.15, 0.2) is 0 Å². The van der Waals surface area contributed by atoms with Crippen molar-refractivity contribution in [2.75, 3.05) is 18.4 Å². The molecule has 6 nitrogen and oxygen atoms in total. The number of sulfonamides is 1. The molecule has 2 aromatic rings. The fourth-order valence-electron chi connectivity index (χ4n) is 2.96. The first-order valence-electron chi connectivity index (χ1n) is 8.37. The summed E-state index contributed by atoms with van der Waals surface area (Å²) in [6, 6.07) is 10.8. The van der Waals surface area contributed by atoms with Crippen molar-refractivity contribution in [3.63, 3.8) is 0 Å². The van der Waals surface area contributed by atoms with E-state index in [1.165, 1.54) is 4.31 Å². The fraction of sp³-hybridized carbons (Fsp3) is 0.333. The molecule has 1 N–H and O–H groups in total. The minimum absolute atomic E-state index is 0.0210. The van der Waals surface area contributed by atoms with Gasteiger partial charge in [0.1, 0.15) is 0 Å². The SMILES string of the molecule is O=C(Nc1cccnc1)C1CCN(S(=O)(=O)Cc2ccc(Br)cc2)CC1. The number of benzene rings is 1. The van der Waals surface area contributed by atoms with Gasteiger partial charge in [-0.1, -0.05) is 28.1 Å². The maximum Gasteiger partial charge on any atom is 0.227 e. The molecule has 138 valence electrons. The first-order valence-corrected chi connectivity index (χ1v) is 10.8. The molecular formula is C18H20BrN3O3S. The first kappa shape index (κ1) is 19.0. The van der Waals surface area contributed by atoms with Gasteiger partial charge in [-0.25, -0.2) is 12.7 Å². The minimum Gasteiger partial charge on any atom is -0.324 e. The Labute approximate surface area is 161 Å². The largest absolute Gasteiger partial charge is 0.324 e. The standard InChI is InChI=1S/C18H20BrN3O3S/c19-16-5-3-14(4-6-16)13-26(24,25)22-10-7-15(8-11-22)18(23)21-17-2-1-9-20-12-17/h1-6,9,12,15H,7-8,10-11,13H2,(H,21,23). The molecule has 1 aromatic heterocycles. The van der Waals surface area contributed by atoms with Gasteiger partial charge in [-0.2, -0.15) is 0 Å². The lowest BCUT2D eigenvalue weighted by atomic mass is 9.97. The summed E-state index contributed by atoms with van der Waals surface area (Å²) in [7, 11) is -3.38. The molecule has 0 radical (unpaired) electrons.